The summed E-state index contributed by atoms with van der Waals surface area (Å²) in [5, 5.41) is 16.6. The molecule has 4 nitrogen and oxygen atoms in total. The van der Waals surface area contributed by atoms with E-state index in [2.05, 4.69) is 0 Å². The number of hydrogen-bond acceptors (Lipinski definition) is 4. The van der Waals surface area contributed by atoms with Crippen LogP contribution in [-0.4, -0.2) is 34.0 Å². The van der Waals surface area contributed by atoms with Gasteiger partial charge in [0.15, 0.2) is 11.6 Å². The van der Waals surface area contributed by atoms with Crippen LogP contribution >= 0.6 is 0 Å². The van der Waals surface area contributed by atoms with Crippen LogP contribution in [0.2, 0.25) is 0 Å². The molecule has 0 aromatic heterocycles. The first-order chi connectivity index (χ1) is 5.29. The zero-order valence-corrected chi connectivity index (χ0v) is 7.87. The van der Waals surface area contributed by atoms with Gasteiger partial charge in [-0.15, -0.1) is 0 Å². The molecule has 0 aliphatic rings. The molecule has 2 atom stereocenters. The SMILES string of the molecule is CC(=O)[C@@H](C)O.CC(=O)[C@@H](C)O. The van der Waals surface area contributed by atoms with Crippen LogP contribution in [0.3, 0.4) is 0 Å². The number of hydrogen-bond donors (Lipinski definition) is 2. The zero-order valence-electron chi connectivity index (χ0n) is 7.87. The Morgan fingerprint density at radius 3 is 1.00 bits per heavy atom. The predicted octanol–water partition coefficient (Wildman–Crippen LogP) is -0.0876. The third-order valence-electron chi connectivity index (χ3n) is 1.18. The fraction of sp³-hybridized carbons (Fsp3) is 0.750. The fourth-order valence-electron chi connectivity index (χ4n) is 0. The quantitative estimate of drug-likeness (QED) is 0.616. The van der Waals surface area contributed by atoms with Crippen molar-refractivity contribution in [2.45, 2.75) is 39.9 Å². The van der Waals surface area contributed by atoms with E-state index in [0.717, 1.165) is 0 Å². The second-order valence-electron chi connectivity index (χ2n) is 2.57. The molecule has 12 heavy (non-hydrogen) atoms. The molecule has 0 spiro atoms. The number of rotatable bonds is 2. The number of carbonyl (C=O) groups excluding carboxylic acids is 2. The van der Waals surface area contributed by atoms with Gasteiger partial charge in [-0.1, -0.05) is 0 Å². The molecule has 0 aromatic rings. The Morgan fingerprint density at radius 1 is 0.917 bits per heavy atom. The summed E-state index contributed by atoms with van der Waals surface area (Å²) in [6.07, 6.45) is -1.57. The average molecular weight is 176 g/mol. The average Bonchev–Trinajstić information content (AvgIpc) is 1.88. The third kappa shape index (κ3) is 12.0. The first-order valence-corrected chi connectivity index (χ1v) is 3.66. The van der Waals surface area contributed by atoms with Gasteiger partial charge in [0.25, 0.3) is 0 Å². The molecule has 0 fully saturated rings. The van der Waals surface area contributed by atoms with Gasteiger partial charge in [-0.05, 0) is 27.7 Å². The summed E-state index contributed by atoms with van der Waals surface area (Å²) in [4.78, 5) is 19.8. The smallest absolute Gasteiger partial charge is 0.157 e. The van der Waals surface area contributed by atoms with Gasteiger partial charge in [-0.3, -0.25) is 9.59 Å². The van der Waals surface area contributed by atoms with E-state index >= 15 is 0 Å². The molecule has 0 unspecified atom stereocenters. The van der Waals surface area contributed by atoms with Crippen LogP contribution in [0.5, 0.6) is 0 Å². The first kappa shape index (κ1) is 13.8. The molecule has 72 valence electrons. The van der Waals surface area contributed by atoms with Crippen LogP contribution in [-0.2, 0) is 9.59 Å². The molecular weight excluding hydrogens is 160 g/mol. The van der Waals surface area contributed by atoms with Crippen LogP contribution < -0.4 is 0 Å². The Hall–Kier alpha value is -0.740. The lowest BCUT2D eigenvalue weighted by molar-refractivity contribution is -0.124. The van der Waals surface area contributed by atoms with Gasteiger partial charge in [0.2, 0.25) is 0 Å². The van der Waals surface area contributed by atoms with Gasteiger partial charge in [0, 0.05) is 0 Å². The largest absolute Gasteiger partial charge is 0.386 e. The molecule has 2 N–H and O–H groups in total. The van der Waals surface area contributed by atoms with Gasteiger partial charge < -0.3 is 10.2 Å². The van der Waals surface area contributed by atoms with E-state index in [4.69, 9.17) is 10.2 Å². The van der Waals surface area contributed by atoms with E-state index in [1.807, 2.05) is 0 Å². The summed E-state index contributed by atoms with van der Waals surface area (Å²) >= 11 is 0. The van der Waals surface area contributed by atoms with E-state index in [0.29, 0.717) is 0 Å². The second kappa shape index (κ2) is 6.94. The topological polar surface area (TPSA) is 74.6 Å². The highest BCUT2D eigenvalue weighted by Crippen LogP contribution is 1.77. The molecular formula is C8H16O4. The summed E-state index contributed by atoms with van der Waals surface area (Å²) in [5.41, 5.74) is 0. The van der Waals surface area contributed by atoms with E-state index in [1.54, 1.807) is 0 Å². The van der Waals surface area contributed by atoms with Crippen LogP contribution in [0.1, 0.15) is 27.7 Å². The van der Waals surface area contributed by atoms with Crippen LogP contribution in [0, 0.1) is 0 Å². The lowest BCUT2D eigenvalue weighted by Gasteiger charge is -1.90. The monoisotopic (exact) mass is 176 g/mol. The Bertz CT molecular complexity index is 131. The Kier molecular flexibility index (Phi) is 7.99. The fourth-order valence-corrected chi connectivity index (χ4v) is 0. The molecule has 0 aliphatic heterocycles. The normalized spacial score (nSPS) is 13.8. The van der Waals surface area contributed by atoms with Crippen molar-refractivity contribution in [1.29, 1.82) is 0 Å². The van der Waals surface area contributed by atoms with Crippen molar-refractivity contribution in [2.24, 2.45) is 0 Å². The highest BCUT2D eigenvalue weighted by molar-refractivity contribution is 5.79. The maximum atomic E-state index is 9.89. The Morgan fingerprint density at radius 2 is 1.00 bits per heavy atom. The second-order valence-corrected chi connectivity index (χ2v) is 2.57. The molecule has 0 radical (unpaired) electrons. The minimum absolute atomic E-state index is 0.185. The summed E-state index contributed by atoms with van der Waals surface area (Å²) in [5.74, 6) is -0.370. The van der Waals surface area contributed by atoms with E-state index in [1.165, 1.54) is 27.7 Å². The summed E-state index contributed by atoms with van der Waals surface area (Å²) in [6.45, 7) is 5.60. The lowest BCUT2D eigenvalue weighted by atomic mass is 10.3. The molecule has 0 rings (SSSR count). The van der Waals surface area contributed by atoms with Crippen molar-refractivity contribution in [2.75, 3.05) is 0 Å². The Labute approximate surface area is 72.2 Å². The number of Topliss-reactive ketones (excluding diaryl/α,β-unsaturated/α-hetero) is 2. The number of ketones is 2. The molecule has 0 saturated carbocycles. The van der Waals surface area contributed by atoms with Crippen LogP contribution in [0.4, 0.5) is 0 Å². The maximum Gasteiger partial charge on any atom is 0.157 e. The van der Waals surface area contributed by atoms with E-state index in [9.17, 15) is 9.59 Å². The number of aliphatic hydroxyl groups is 2. The summed E-state index contributed by atoms with van der Waals surface area (Å²) < 4.78 is 0. The molecule has 0 saturated heterocycles. The Balaban J connectivity index is 0. The standard InChI is InChI=1S/2C4H8O2/c2*1-3(5)4(2)6/h2*3,5H,1-2H3/t2*3-/m11/s1. The number of aliphatic hydroxyl groups excluding tert-OH is 2. The van der Waals surface area contributed by atoms with Crippen molar-refractivity contribution in [1.82, 2.24) is 0 Å². The molecule has 0 amide bonds. The van der Waals surface area contributed by atoms with Gasteiger partial charge in [-0.25, -0.2) is 0 Å². The van der Waals surface area contributed by atoms with Gasteiger partial charge >= 0.3 is 0 Å². The van der Waals surface area contributed by atoms with Gasteiger partial charge in [-0.2, -0.15) is 0 Å². The van der Waals surface area contributed by atoms with Crippen molar-refractivity contribution in [3.8, 4) is 0 Å². The van der Waals surface area contributed by atoms with Crippen LogP contribution in [0.25, 0.3) is 0 Å². The first-order valence-electron chi connectivity index (χ1n) is 3.66. The molecule has 0 aliphatic carbocycles. The van der Waals surface area contributed by atoms with Gasteiger partial charge in [0.05, 0.1) is 0 Å². The number of carbonyl (C=O) groups is 2. The highest BCUT2D eigenvalue weighted by Gasteiger charge is 1.97. The lowest BCUT2D eigenvalue weighted by Crippen LogP contribution is -2.10. The summed E-state index contributed by atoms with van der Waals surface area (Å²) in [6, 6.07) is 0. The minimum atomic E-state index is -0.787. The molecule has 0 bridgehead atoms. The third-order valence-corrected chi connectivity index (χ3v) is 1.18. The molecule has 0 heterocycles. The maximum absolute atomic E-state index is 9.89. The van der Waals surface area contributed by atoms with Crippen LogP contribution in [0.15, 0.2) is 0 Å². The van der Waals surface area contributed by atoms with E-state index < -0.39 is 12.2 Å². The van der Waals surface area contributed by atoms with Crippen molar-refractivity contribution in [3.05, 3.63) is 0 Å². The van der Waals surface area contributed by atoms with E-state index in [-0.39, 0.29) is 11.6 Å². The molecule has 0 aromatic carbocycles. The zero-order chi connectivity index (χ0) is 10.3. The van der Waals surface area contributed by atoms with Crippen molar-refractivity contribution >= 4 is 11.6 Å². The minimum Gasteiger partial charge on any atom is -0.386 e. The van der Waals surface area contributed by atoms with Crippen molar-refractivity contribution < 1.29 is 19.8 Å². The molecule has 4 heteroatoms. The highest BCUT2D eigenvalue weighted by atomic mass is 16.3. The van der Waals surface area contributed by atoms with Gasteiger partial charge in [0.1, 0.15) is 12.2 Å². The summed E-state index contributed by atoms with van der Waals surface area (Å²) in [7, 11) is 0. The van der Waals surface area contributed by atoms with Crippen molar-refractivity contribution in [3.63, 3.8) is 0 Å². The predicted molar refractivity (Wildman–Crippen MR) is 44.7 cm³/mol.